The minimum Gasteiger partial charge on any atom is -0.451 e. The molecule has 2 saturated heterocycles. The summed E-state index contributed by atoms with van der Waals surface area (Å²) in [5, 5.41) is 8.55. The van der Waals surface area contributed by atoms with Gasteiger partial charge in [-0.05, 0) is 79.7 Å². The van der Waals surface area contributed by atoms with E-state index in [9.17, 15) is 9.59 Å². The minimum atomic E-state index is -0.569. The van der Waals surface area contributed by atoms with Crippen LogP contribution in [0.5, 0.6) is 11.5 Å². The minimum absolute atomic E-state index is 0.0101. The van der Waals surface area contributed by atoms with Gasteiger partial charge in [-0.25, -0.2) is 4.39 Å². The standard InChI is InChI=1S/C40H42FN5O3/c1-2-45-18-8-13-30(45)14-17-42-40(48)32-25-46-34-21-27-11-6-7-12-28(27)22-35(34)49-39-36(33(41)23-31(37(39)46)38(32)47)43-29-15-19-44(20-16-29)24-26-9-4-3-5-10-26/h3-7,9-12,21-23,25,29-30,43H,2,8,13-20,24H2,1H3,(H,42,48). The van der Waals surface area contributed by atoms with Crippen molar-refractivity contribution in [1.29, 1.82) is 0 Å². The molecule has 8 rings (SSSR count). The number of ether oxygens (including phenoxy) is 1. The normalized spacial score (nSPS) is 18.0. The number of nitrogens with one attached hydrogen (secondary N) is 2. The van der Waals surface area contributed by atoms with Crippen molar-refractivity contribution in [3.8, 4) is 17.2 Å². The molecule has 2 fully saturated rings. The molecule has 0 radical (unpaired) electrons. The molecule has 49 heavy (non-hydrogen) atoms. The van der Waals surface area contributed by atoms with Crippen LogP contribution in [0.2, 0.25) is 0 Å². The molecule has 252 valence electrons. The fourth-order valence-corrected chi connectivity index (χ4v) is 7.97. The van der Waals surface area contributed by atoms with E-state index in [4.69, 9.17) is 4.74 Å². The Hall–Kier alpha value is -4.73. The van der Waals surface area contributed by atoms with Gasteiger partial charge in [0.05, 0.1) is 11.1 Å². The van der Waals surface area contributed by atoms with Gasteiger partial charge < -0.3 is 24.8 Å². The first-order valence-electron chi connectivity index (χ1n) is 17.6. The second-order valence-corrected chi connectivity index (χ2v) is 13.6. The highest BCUT2D eigenvalue weighted by Gasteiger charge is 2.31. The molecule has 1 amide bonds. The van der Waals surface area contributed by atoms with Crippen molar-refractivity contribution >= 4 is 33.3 Å². The van der Waals surface area contributed by atoms with E-state index in [2.05, 4.69) is 51.6 Å². The molecule has 4 heterocycles. The number of piperidine rings is 1. The average Bonchev–Trinajstić information content (AvgIpc) is 3.58. The maximum Gasteiger partial charge on any atom is 0.256 e. The number of fused-ring (bicyclic) bond motifs is 3. The van der Waals surface area contributed by atoms with Crippen molar-refractivity contribution in [3.63, 3.8) is 0 Å². The van der Waals surface area contributed by atoms with Crippen molar-refractivity contribution in [2.45, 2.75) is 57.7 Å². The van der Waals surface area contributed by atoms with Crippen LogP contribution in [-0.2, 0) is 6.54 Å². The number of hydrogen-bond acceptors (Lipinski definition) is 6. The third-order valence-corrected chi connectivity index (χ3v) is 10.6. The summed E-state index contributed by atoms with van der Waals surface area (Å²) in [6.07, 6.45) is 6.39. The molecule has 1 unspecified atom stereocenters. The lowest BCUT2D eigenvalue weighted by Gasteiger charge is -2.34. The smallest absolute Gasteiger partial charge is 0.256 e. The molecule has 3 aliphatic rings. The molecular weight excluding hydrogens is 617 g/mol. The first-order valence-corrected chi connectivity index (χ1v) is 17.6. The summed E-state index contributed by atoms with van der Waals surface area (Å²) in [5.74, 6) is -0.207. The predicted molar refractivity (Wildman–Crippen MR) is 193 cm³/mol. The van der Waals surface area contributed by atoms with Crippen LogP contribution in [0.15, 0.2) is 83.8 Å². The van der Waals surface area contributed by atoms with Crippen molar-refractivity contribution in [1.82, 2.24) is 19.7 Å². The summed E-state index contributed by atoms with van der Waals surface area (Å²) >= 11 is 0. The van der Waals surface area contributed by atoms with Gasteiger partial charge in [0.2, 0.25) is 5.43 Å². The highest BCUT2D eigenvalue weighted by Crippen LogP contribution is 2.46. The third-order valence-electron chi connectivity index (χ3n) is 10.6. The molecule has 0 saturated carbocycles. The number of nitrogens with zero attached hydrogens (tertiary/aromatic N) is 3. The van der Waals surface area contributed by atoms with E-state index >= 15 is 4.39 Å². The van der Waals surface area contributed by atoms with Gasteiger partial charge in [-0.1, -0.05) is 61.5 Å². The Kier molecular flexibility index (Phi) is 8.55. The number of halogens is 1. The van der Waals surface area contributed by atoms with Crippen LogP contribution in [0.4, 0.5) is 10.1 Å². The van der Waals surface area contributed by atoms with Gasteiger partial charge in [0, 0.05) is 44.5 Å². The number of carbonyl (C=O) groups is 1. The molecule has 8 nitrogen and oxygen atoms in total. The zero-order chi connectivity index (χ0) is 33.5. The first kappa shape index (κ1) is 31.5. The maximum atomic E-state index is 16.2. The highest BCUT2D eigenvalue weighted by molar-refractivity contribution is 6.02. The van der Waals surface area contributed by atoms with Gasteiger partial charge in [-0.3, -0.25) is 14.5 Å². The van der Waals surface area contributed by atoms with Crippen LogP contribution in [0.1, 0.15) is 54.9 Å². The number of pyridine rings is 1. The Morgan fingerprint density at radius 2 is 1.71 bits per heavy atom. The number of carbonyl (C=O) groups excluding carboxylic acids is 1. The summed E-state index contributed by atoms with van der Waals surface area (Å²) in [7, 11) is 0. The van der Waals surface area contributed by atoms with Gasteiger partial charge in [-0.15, -0.1) is 0 Å². The number of anilines is 1. The summed E-state index contributed by atoms with van der Waals surface area (Å²) in [5.41, 5.74) is 2.16. The van der Waals surface area contributed by atoms with Gasteiger partial charge in [-0.2, -0.15) is 0 Å². The molecule has 3 aliphatic heterocycles. The largest absolute Gasteiger partial charge is 0.451 e. The first-order chi connectivity index (χ1) is 24.0. The van der Waals surface area contributed by atoms with Crippen LogP contribution in [0, 0.1) is 5.82 Å². The fourth-order valence-electron chi connectivity index (χ4n) is 7.97. The van der Waals surface area contributed by atoms with E-state index < -0.39 is 17.2 Å². The summed E-state index contributed by atoms with van der Waals surface area (Å²) in [6, 6.07) is 24.1. The quantitative estimate of drug-likeness (QED) is 0.173. The number of aromatic nitrogens is 1. The molecule has 2 N–H and O–H groups in total. The summed E-state index contributed by atoms with van der Waals surface area (Å²) in [4.78, 5) is 32.4. The van der Waals surface area contributed by atoms with E-state index in [0.29, 0.717) is 29.5 Å². The van der Waals surface area contributed by atoms with Crippen molar-refractivity contribution in [2.75, 3.05) is 38.0 Å². The van der Waals surface area contributed by atoms with Crippen LogP contribution in [0.25, 0.3) is 27.4 Å². The average molecular weight is 660 g/mol. The second kappa shape index (κ2) is 13.3. The zero-order valence-electron chi connectivity index (χ0n) is 27.9. The third kappa shape index (κ3) is 6.06. The SMILES string of the molecule is CCN1CCCC1CCNC(=O)c1cn2c3c(c(NC4CCN(Cc5ccccc5)CC4)c(F)cc3c1=O)Oc1cc3ccccc3cc1-2. The molecule has 0 bridgehead atoms. The number of benzene rings is 4. The summed E-state index contributed by atoms with van der Waals surface area (Å²) in [6.45, 7) is 7.35. The van der Waals surface area contributed by atoms with Gasteiger partial charge in [0.1, 0.15) is 16.8 Å². The van der Waals surface area contributed by atoms with E-state index in [1.54, 1.807) is 6.20 Å². The monoisotopic (exact) mass is 659 g/mol. The molecule has 5 aromatic rings. The molecule has 0 spiro atoms. The highest BCUT2D eigenvalue weighted by atomic mass is 19.1. The van der Waals surface area contributed by atoms with E-state index in [1.165, 1.54) is 11.6 Å². The maximum absolute atomic E-state index is 16.2. The number of rotatable bonds is 9. The van der Waals surface area contributed by atoms with Crippen molar-refractivity contribution in [3.05, 3.63) is 106 Å². The fraction of sp³-hybridized carbons (Fsp3) is 0.350. The number of likely N-dealkylation sites (tertiary alicyclic amines) is 2. The van der Waals surface area contributed by atoms with Gasteiger partial charge >= 0.3 is 0 Å². The number of hydrogen-bond donors (Lipinski definition) is 2. The van der Waals surface area contributed by atoms with Crippen molar-refractivity contribution in [2.24, 2.45) is 0 Å². The Morgan fingerprint density at radius 3 is 2.49 bits per heavy atom. The lowest BCUT2D eigenvalue weighted by molar-refractivity contribution is 0.0948. The van der Waals surface area contributed by atoms with Crippen molar-refractivity contribution < 1.29 is 13.9 Å². The second-order valence-electron chi connectivity index (χ2n) is 13.6. The molecule has 1 aromatic heterocycles. The van der Waals surface area contributed by atoms with E-state index in [0.717, 1.165) is 75.6 Å². The Balaban J connectivity index is 1.13. The van der Waals surface area contributed by atoms with Crippen LogP contribution >= 0.6 is 0 Å². The molecule has 1 atom stereocenters. The molecule has 4 aromatic carbocycles. The Labute approximate surface area is 285 Å². The molecule has 9 heteroatoms. The Morgan fingerprint density at radius 1 is 0.959 bits per heavy atom. The molecular formula is C40H42FN5O3. The topological polar surface area (TPSA) is 78.8 Å². The van der Waals surface area contributed by atoms with Crippen LogP contribution in [-0.4, -0.2) is 65.1 Å². The van der Waals surface area contributed by atoms with Gasteiger partial charge in [0.15, 0.2) is 17.3 Å². The number of amides is 1. The molecule has 0 aliphatic carbocycles. The van der Waals surface area contributed by atoms with E-state index in [-0.39, 0.29) is 28.4 Å². The Bertz CT molecular complexity index is 2090. The summed E-state index contributed by atoms with van der Waals surface area (Å²) < 4.78 is 24.6. The zero-order valence-corrected chi connectivity index (χ0v) is 27.9. The van der Waals surface area contributed by atoms with Crippen LogP contribution < -0.4 is 20.8 Å². The predicted octanol–water partition coefficient (Wildman–Crippen LogP) is 7.07. The van der Waals surface area contributed by atoms with Gasteiger partial charge in [0.25, 0.3) is 5.91 Å². The lowest BCUT2D eigenvalue weighted by atomic mass is 10.0. The lowest BCUT2D eigenvalue weighted by Crippen LogP contribution is -2.39. The van der Waals surface area contributed by atoms with E-state index in [1.807, 2.05) is 47.0 Å². The van der Waals surface area contributed by atoms with Crippen LogP contribution in [0.3, 0.4) is 0 Å².